The molecule has 24 heavy (non-hydrogen) atoms. The Morgan fingerprint density at radius 2 is 1.54 bits per heavy atom. The number of rotatable bonds is 8. The molecule has 0 saturated heterocycles. The monoisotopic (exact) mass is 324 g/mol. The van der Waals surface area contributed by atoms with Gasteiger partial charge in [0.2, 0.25) is 5.91 Å². The Labute approximate surface area is 145 Å². The number of amides is 1. The number of benzene rings is 2. The molecule has 3 nitrogen and oxygen atoms in total. The molecule has 0 aliphatic heterocycles. The number of hydrogen-bond donors (Lipinski definition) is 1. The van der Waals surface area contributed by atoms with Gasteiger partial charge < -0.3 is 5.32 Å². The maximum Gasteiger partial charge on any atom is 0.221 e. The lowest BCUT2D eigenvalue weighted by Gasteiger charge is -2.26. The number of nitrogens with one attached hydrogen (secondary N) is 1. The van der Waals surface area contributed by atoms with Gasteiger partial charge in [0, 0.05) is 25.6 Å². The molecule has 1 unspecified atom stereocenters. The second-order valence-electron chi connectivity index (χ2n) is 6.50. The smallest absolute Gasteiger partial charge is 0.221 e. The van der Waals surface area contributed by atoms with E-state index in [0.717, 1.165) is 18.7 Å². The van der Waals surface area contributed by atoms with Crippen LogP contribution in [0.3, 0.4) is 0 Å². The molecule has 0 spiro atoms. The van der Waals surface area contributed by atoms with E-state index >= 15 is 0 Å². The van der Waals surface area contributed by atoms with Gasteiger partial charge in [-0.05, 0) is 31.9 Å². The van der Waals surface area contributed by atoms with Gasteiger partial charge in [-0.1, -0.05) is 60.7 Å². The third-order valence-corrected chi connectivity index (χ3v) is 4.26. The SMILES string of the molecule is CC(NC(=O)CCN(Cc1ccccc1)C(C)C)c1ccccc1. The summed E-state index contributed by atoms with van der Waals surface area (Å²) in [7, 11) is 0. The highest BCUT2D eigenvalue weighted by molar-refractivity contribution is 5.76. The number of nitrogens with zero attached hydrogens (tertiary/aromatic N) is 1. The van der Waals surface area contributed by atoms with E-state index in [0.29, 0.717) is 12.5 Å². The van der Waals surface area contributed by atoms with E-state index in [1.54, 1.807) is 0 Å². The Bertz CT molecular complexity index is 610. The van der Waals surface area contributed by atoms with Crippen molar-refractivity contribution in [2.45, 2.75) is 45.8 Å². The van der Waals surface area contributed by atoms with E-state index in [-0.39, 0.29) is 11.9 Å². The van der Waals surface area contributed by atoms with Crippen LogP contribution in [-0.2, 0) is 11.3 Å². The molecule has 0 aliphatic rings. The van der Waals surface area contributed by atoms with Crippen molar-refractivity contribution in [2.24, 2.45) is 0 Å². The summed E-state index contributed by atoms with van der Waals surface area (Å²) in [6.45, 7) is 8.01. The fraction of sp³-hybridized carbons (Fsp3) is 0.381. The first-order valence-electron chi connectivity index (χ1n) is 8.68. The van der Waals surface area contributed by atoms with Gasteiger partial charge in [0.1, 0.15) is 0 Å². The fourth-order valence-electron chi connectivity index (χ4n) is 2.72. The molecule has 0 bridgehead atoms. The molecule has 2 aromatic carbocycles. The summed E-state index contributed by atoms with van der Waals surface area (Å²) in [5.41, 5.74) is 2.42. The molecule has 128 valence electrons. The summed E-state index contributed by atoms with van der Waals surface area (Å²) in [5, 5.41) is 3.09. The molecule has 0 radical (unpaired) electrons. The second kappa shape index (κ2) is 9.24. The molecule has 0 heterocycles. The van der Waals surface area contributed by atoms with Crippen molar-refractivity contribution in [1.82, 2.24) is 10.2 Å². The molecule has 0 saturated carbocycles. The number of hydrogen-bond acceptors (Lipinski definition) is 2. The zero-order valence-electron chi connectivity index (χ0n) is 14.9. The Balaban J connectivity index is 1.84. The van der Waals surface area contributed by atoms with Crippen molar-refractivity contribution in [3.63, 3.8) is 0 Å². The summed E-state index contributed by atoms with van der Waals surface area (Å²) in [4.78, 5) is 14.6. The normalized spacial score (nSPS) is 12.4. The van der Waals surface area contributed by atoms with Crippen LogP contribution in [0.5, 0.6) is 0 Å². The van der Waals surface area contributed by atoms with E-state index < -0.39 is 0 Å². The minimum Gasteiger partial charge on any atom is -0.350 e. The Hall–Kier alpha value is -2.13. The highest BCUT2D eigenvalue weighted by Gasteiger charge is 2.14. The van der Waals surface area contributed by atoms with Crippen LogP contribution >= 0.6 is 0 Å². The van der Waals surface area contributed by atoms with Crippen LogP contribution in [0.1, 0.15) is 44.4 Å². The van der Waals surface area contributed by atoms with Crippen LogP contribution in [0.15, 0.2) is 60.7 Å². The number of carbonyl (C=O) groups is 1. The zero-order valence-corrected chi connectivity index (χ0v) is 14.9. The van der Waals surface area contributed by atoms with Crippen LogP contribution in [0.25, 0.3) is 0 Å². The quantitative estimate of drug-likeness (QED) is 0.790. The van der Waals surface area contributed by atoms with Crippen molar-refractivity contribution in [1.29, 1.82) is 0 Å². The van der Waals surface area contributed by atoms with Crippen LogP contribution in [0, 0.1) is 0 Å². The molecule has 1 N–H and O–H groups in total. The van der Waals surface area contributed by atoms with Gasteiger partial charge in [0.25, 0.3) is 0 Å². The first-order valence-corrected chi connectivity index (χ1v) is 8.68. The third kappa shape index (κ3) is 5.82. The van der Waals surface area contributed by atoms with Gasteiger partial charge in [0.15, 0.2) is 0 Å². The van der Waals surface area contributed by atoms with Crippen LogP contribution in [-0.4, -0.2) is 23.4 Å². The number of carbonyl (C=O) groups excluding carboxylic acids is 1. The largest absolute Gasteiger partial charge is 0.350 e. The maximum atomic E-state index is 12.3. The van der Waals surface area contributed by atoms with E-state index in [1.165, 1.54) is 5.56 Å². The van der Waals surface area contributed by atoms with Gasteiger partial charge >= 0.3 is 0 Å². The first-order chi connectivity index (χ1) is 11.6. The molecular weight excluding hydrogens is 296 g/mol. The van der Waals surface area contributed by atoms with Crippen LogP contribution in [0.2, 0.25) is 0 Å². The maximum absolute atomic E-state index is 12.3. The highest BCUT2D eigenvalue weighted by Crippen LogP contribution is 2.12. The summed E-state index contributed by atoms with van der Waals surface area (Å²) >= 11 is 0. The van der Waals surface area contributed by atoms with Gasteiger partial charge in [0.05, 0.1) is 6.04 Å². The Morgan fingerprint density at radius 3 is 2.12 bits per heavy atom. The Morgan fingerprint density at radius 1 is 0.958 bits per heavy atom. The fourth-order valence-corrected chi connectivity index (χ4v) is 2.72. The molecule has 0 fully saturated rings. The minimum atomic E-state index is 0.0420. The predicted octanol–water partition coefficient (Wildman–Crippen LogP) is 4.16. The van der Waals surface area contributed by atoms with Crippen molar-refractivity contribution >= 4 is 5.91 Å². The molecule has 1 atom stereocenters. The van der Waals surface area contributed by atoms with E-state index in [1.807, 2.05) is 43.3 Å². The van der Waals surface area contributed by atoms with Gasteiger partial charge in [-0.25, -0.2) is 0 Å². The highest BCUT2D eigenvalue weighted by atomic mass is 16.1. The average Bonchev–Trinajstić information content (AvgIpc) is 2.60. The third-order valence-electron chi connectivity index (χ3n) is 4.26. The summed E-state index contributed by atoms with van der Waals surface area (Å²) < 4.78 is 0. The predicted molar refractivity (Wildman–Crippen MR) is 99.6 cm³/mol. The summed E-state index contributed by atoms with van der Waals surface area (Å²) in [6.07, 6.45) is 0.516. The van der Waals surface area contributed by atoms with E-state index in [2.05, 4.69) is 48.3 Å². The standard InChI is InChI=1S/C21H28N2O/c1-17(2)23(16-19-10-6-4-7-11-19)15-14-21(24)22-18(3)20-12-8-5-9-13-20/h4-13,17-18H,14-16H2,1-3H3,(H,22,24). The molecule has 0 aliphatic carbocycles. The summed E-state index contributed by atoms with van der Waals surface area (Å²) in [6, 6.07) is 20.9. The molecule has 3 heteroatoms. The topological polar surface area (TPSA) is 32.3 Å². The summed E-state index contributed by atoms with van der Waals surface area (Å²) in [5.74, 6) is 0.102. The van der Waals surface area contributed by atoms with Crippen LogP contribution < -0.4 is 5.32 Å². The molecular formula is C21H28N2O. The van der Waals surface area contributed by atoms with Gasteiger partial charge in [-0.15, -0.1) is 0 Å². The molecule has 1 amide bonds. The van der Waals surface area contributed by atoms with Crippen molar-refractivity contribution in [2.75, 3.05) is 6.54 Å². The molecule has 2 aromatic rings. The lowest BCUT2D eigenvalue weighted by atomic mass is 10.1. The van der Waals surface area contributed by atoms with Crippen molar-refractivity contribution in [3.05, 3.63) is 71.8 Å². The van der Waals surface area contributed by atoms with Gasteiger partial charge in [-0.2, -0.15) is 0 Å². The van der Waals surface area contributed by atoms with Crippen molar-refractivity contribution < 1.29 is 4.79 Å². The second-order valence-corrected chi connectivity index (χ2v) is 6.50. The molecule has 2 rings (SSSR count). The molecule has 0 aromatic heterocycles. The lowest BCUT2D eigenvalue weighted by molar-refractivity contribution is -0.122. The zero-order chi connectivity index (χ0) is 17.4. The van der Waals surface area contributed by atoms with Gasteiger partial charge in [-0.3, -0.25) is 9.69 Å². The average molecular weight is 324 g/mol. The minimum absolute atomic E-state index is 0.0420. The lowest BCUT2D eigenvalue weighted by Crippen LogP contribution is -2.35. The van der Waals surface area contributed by atoms with Crippen molar-refractivity contribution in [3.8, 4) is 0 Å². The van der Waals surface area contributed by atoms with E-state index in [9.17, 15) is 4.79 Å². The van der Waals surface area contributed by atoms with E-state index in [4.69, 9.17) is 0 Å². The Kier molecular flexibility index (Phi) is 7.01. The first kappa shape index (κ1) is 18.2. The van der Waals surface area contributed by atoms with Crippen LogP contribution in [0.4, 0.5) is 0 Å².